The van der Waals surface area contributed by atoms with Crippen LogP contribution in [0.3, 0.4) is 0 Å². The van der Waals surface area contributed by atoms with E-state index in [0.29, 0.717) is 5.16 Å². The minimum absolute atomic E-state index is 0.335. The Bertz CT molecular complexity index is 176. The fourth-order valence-corrected chi connectivity index (χ4v) is 2.65. The van der Waals surface area contributed by atoms with Crippen molar-refractivity contribution in [1.82, 2.24) is 0 Å². The van der Waals surface area contributed by atoms with Gasteiger partial charge >= 0.3 is 0 Å². The zero-order chi connectivity index (χ0) is 12.4. The van der Waals surface area contributed by atoms with Crippen LogP contribution in [-0.2, 0) is 0 Å². The third-order valence-corrected chi connectivity index (χ3v) is 4.47. The summed E-state index contributed by atoms with van der Waals surface area (Å²) in [5, 5.41) is 0.335. The first-order valence-electron chi connectivity index (χ1n) is 7.07. The second-order valence-corrected chi connectivity index (χ2v) is 6.18. The smallest absolute Gasteiger partial charge is 0.00539 e. The van der Waals surface area contributed by atoms with Crippen LogP contribution in [0.15, 0.2) is 12.2 Å². The molecule has 0 saturated carbocycles. The summed E-state index contributed by atoms with van der Waals surface area (Å²) in [6, 6.07) is 0. The minimum Gasteiger partial charge on any atom is -0.127 e. The molecular weight excluding hydrogens is 211 g/mol. The van der Waals surface area contributed by atoms with Crippen LogP contribution in [0.1, 0.15) is 78.6 Å². The number of hydrogen-bond acceptors (Lipinski definition) is 0. The molecule has 1 atom stereocenters. The quantitative estimate of drug-likeness (QED) is 0.339. The zero-order valence-electron chi connectivity index (χ0n) is 11.6. The van der Waals surface area contributed by atoms with Crippen LogP contribution in [0.4, 0.5) is 0 Å². The van der Waals surface area contributed by atoms with Crippen molar-refractivity contribution in [3.8, 4) is 0 Å². The van der Waals surface area contributed by atoms with Gasteiger partial charge in [-0.25, -0.2) is 0 Å². The summed E-state index contributed by atoms with van der Waals surface area (Å²) in [5.41, 5.74) is 1.47. The molecule has 0 aliphatic carbocycles. The van der Waals surface area contributed by atoms with Gasteiger partial charge in [0.2, 0.25) is 0 Å². The van der Waals surface area contributed by atoms with E-state index in [1.807, 2.05) is 0 Å². The van der Waals surface area contributed by atoms with Gasteiger partial charge in [-0.05, 0) is 25.7 Å². The zero-order valence-corrected chi connectivity index (χ0v) is 12.8. The first-order valence-corrected chi connectivity index (χ1v) is 7.65. The molecular formula is C15H31P. The fraction of sp³-hybridized carbons (Fsp3) is 0.867. The van der Waals surface area contributed by atoms with Crippen molar-refractivity contribution in [2.24, 2.45) is 0 Å². The van der Waals surface area contributed by atoms with E-state index in [2.05, 4.69) is 36.6 Å². The molecule has 0 nitrogen and oxygen atoms in total. The highest BCUT2D eigenvalue weighted by molar-refractivity contribution is 7.19. The highest BCUT2D eigenvalue weighted by Gasteiger charge is 2.25. The second kappa shape index (κ2) is 9.23. The Kier molecular flexibility index (Phi) is 9.32. The maximum Gasteiger partial charge on any atom is 0.00539 e. The van der Waals surface area contributed by atoms with Crippen LogP contribution < -0.4 is 0 Å². The minimum atomic E-state index is 0.335. The van der Waals surface area contributed by atoms with Gasteiger partial charge in [-0.3, -0.25) is 0 Å². The average Bonchev–Trinajstić information content (AvgIpc) is 2.30. The molecule has 0 spiro atoms. The van der Waals surface area contributed by atoms with E-state index in [4.69, 9.17) is 0 Å². The molecule has 0 radical (unpaired) electrons. The molecule has 16 heavy (non-hydrogen) atoms. The molecule has 0 aromatic rings. The van der Waals surface area contributed by atoms with Crippen molar-refractivity contribution in [2.75, 3.05) is 0 Å². The van der Waals surface area contributed by atoms with Gasteiger partial charge in [0, 0.05) is 5.16 Å². The summed E-state index contributed by atoms with van der Waals surface area (Å²) in [6.45, 7) is 11.2. The molecule has 0 saturated heterocycles. The first-order chi connectivity index (χ1) is 7.60. The molecule has 0 heterocycles. The van der Waals surface area contributed by atoms with Gasteiger partial charge in [0.25, 0.3) is 0 Å². The molecule has 1 heteroatoms. The van der Waals surface area contributed by atoms with E-state index in [1.54, 1.807) is 0 Å². The van der Waals surface area contributed by atoms with Crippen LogP contribution in [0.2, 0.25) is 0 Å². The van der Waals surface area contributed by atoms with E-state index in [0.717, 1.165) is 0 Å². The summed E-state index contributed by atoms with van der Waals surface area (Å²) in [4.78, 5) is 0. The third-order valence-electron chi connectivity index (χ3n) is 3.49. The van der Waals surface area contributed by atoms with E-state index >= 15 is 0 Å². The lowest BCUT2D eigenvalue weighted by Crippen LogP contribution is -2.23. The molecule has 0 N–H and O–H groups in total. The Morgan fingerprint density at radius 1 is 0.938 bits per heavy atom. The lowest BCUT2D eigenvalue weighted by molar-refractivity contribution is 0.500. The van der Waals surface area contributed by atoms with Gasteiger partial charge in [-0.15, -0.1) is 9.24 Å². The molecule has 0 rings (SSSR count). The van der Waals surface area contributed by atoms with Crippen LogP contribution in [0, 0.1) is 0 Å². The average molecular weight is 242 g/mol. The van der Waals surface area contributed by atoms with Crippen LogP contribution in [0.25, 0.3) is 0 Å². The first kappa shape index (κ1) is 16.2. The summed E-state index contributed by atoms with van der Waals surface area (Å²) in [7, 11) is 3.13. The molecule has 1 unspecified atom stereocenters. The topological polar surface area (TPSA) is 0 Å². The molecule has 0 amide bonds. The summed E-state index contributed by atoms with van der Waals surface area (Å²) < 4.78 is 0. The Hall–Kier alpha value is 0.170. The predicted molar refractivity (Wildman–Crippen MR) is 80.2 cm³/mol. The molecule has 0 bridgehead atoms. The number of unbranched alkanes of at least 4 members (excludes halogenated alkanes) is 3. The van der Waals surface area contributed by atoms with Crippen LogP contribution >= 0.6 is 9.24 Å². The third kappa shape index (κ3) is 6.04. The maximum atomic E-state index is 4.35. The van der Waals surface area contributed by atoms with Crippen molar-refractivity contribution in [3.05, 3.63) is 12.2 Å². The highest BCUT2D eigenvalue weighted by atomic mass is 31.0. The van der Waals surface area contributed by atoms with Gasteiger partial charge in [0.05, 0.1) is 0 Å². The number of rotatable bonds is 10. The molecule has 0 aliphatic heterocycles. The molecule has 0 aromatic heterocycles. The largest absolute Gasteiger partial charge is 0.127 e. The Labute approximate surface area is 105 Å². The summed E-state index contributed by atoms with van der Waals surface area (Å²) >= 11 is 0. The van der Waals surface area contributed by atoms with Crippen molar-refractivity contribution in [2.45, 2.75) is 83.7 Å². The summed E-state index contributed by atoms with van der Waals surface area (Å²) in [5.74, 6) is 0. The van der Waals surface area contributed by atoms with Crippen LogP contribution in [-0.4, -0.2) is 5.16 Å². The van der Waals surface area contributed by atoms with Gasteiger partial charge < -0.3 is 0 Å². The van der Waals surface area contributed by atoms with Crippen molar-refractivity contribution in [1.29, 1.82) is 0 Å². The number of allylic oxidation sites excluding steroid dienone is 1. The molecule has 0 aliphatic rings. The van der Waals surface area contributed by atoms with Gasteiger partial charge in [-0.2, -0.15) is 0 Å². The predicted octanol–water partition coefficient (Wildman–Crippen LogP) is 5.73. The van der Waals surface area contributed by atoms with Gasteiger partial charge in [0.15, 0.2) is 0 Å². The normalized spacial score (nSPS) is 11.8. The van der Waals surface area contributed by atoms with Crippen molar-refractivity contribution < 1.29 is 0 Å². The summed E-state index contributed by atoms with van der Waals surface area (Å²) in [6.07, 6.45) is 11.7. The number of hydrogen-bond donors (Lipinski definition) is 0. The Morgan fingerprint density at radius 2 is 1.38 bits per heavy atom. The lowest BCUT2D eigenvalue weighted by atomic mass is 9.86. The lowest BCUT2D eigenvalue weighted by Gasteiger charge is -2.32. The van der Waals surface area contributed by atoms with E-state index < -0.39 is 0 Å². The molecule has 96 valence electrons. The van der Waals surface area contributed by atoms with E-state index in [-0.39, 0.29) is 0 Å². The van der Waals surface area contributed by atoms with Gasteiger partial charge in [0.1, 0.15) is 0 Å². The van der Waals surface area contributed by atoms with Crippen molar-refractivity contribution >= 4 is 9.24 Å². The molecule has 0 fully saturated rings. The second-order valence-electron chi connectivity index (χ2n) is 5.07. The monoisotopic (exact) mass is 242 g/mol. The molecule has 0 aromatic carbocycles. The van der Waals surface area contributed by atoms with Crippen molar-refractivity contribution in [3.63, 3.8) is 0 Å². The van der Waals surface area contributed by atoms with E-state index in [1.165, 1.54) is 63.4 Å². The fourth-order valence-electron chi connectivity index (χ4n) is 2.10. The van der Waals surface area contributed by atoms with Gasteiger partial charge in [-0.1, -0.05) is 65.0 Å². The standard InChI is InChI=1S/C15H31P/c1-5-8-11-14(4)15(16,12-9-6-2)13-10-7-3/h4-13,16H2,1-3H3. The highest BCUT2D eigenvalue weighted by Crippen LogP contribution is 2.39. The van der Waals surface area contributed by atoms with E-state index in [9.17, 15) is 0 Å². The Morgan fingerprint density at radius 3 is 1.75 bits per heavy atom. The Balaban J connectivity index is 4.30. The van der Waals surface area contributed by atoms with Crippen LogP contribution in [0.5, 0.6) is 0 Å². The SMILES string of the molecule is C=C(CCCC)C(P)(CCCC)CCCC. The maximum absolute atomic E-state index is 4.35.